The summed E-state index contributed by atoms with van der Waals surface area (Å²) in [6.45, 7) is 5.81. The van der Waals surface area contributed by atoms with E-state index < -0.39 is 17.2 Å². The van der Waals surface area contributed by atoms with Gasteiger partial charge in [-0.25, -0.2) is 18.1 Å². The van der Waals surface area contributed by atoms with Gasteiger partial charge in [0.15, 0.2) is 5.54 Å². The minimum Gasteiger partial charge on any atom is -0.381 e. The molecule has 236 valence electrons. The Morgan fingerprint density at radius 3 is 2.13 bits per heavy atom. The van der Waals surface area contributed by atoms with Gasteiger partial charge < -0.3 is 5.11 Å². The Bertz CT molecular complexity index is 1520. The molecule has 2 aromatic carbocycles. The van der Waals surface area contributed by atoms with Gasteiger partial charge in [0.1, 0.15) is 17.5 Å². The number of hydrogen-bond acceptors (Lipinski definition) is 7. The first-order valence-electron chi connectivity index (χ1n) is 15.3. The summed E-state index contributed by atoms with van der Waals surface area (Å²) in [7, 11) is 0. The Morgan fingerprint density at radius 2 is 1.60 bits per heavy atom. The van der Waals surface area contributed by atoms with E-state index in [2.05, 4.69) is 39.8 Å². The van der Waals surface area contributed by atoms with Crippen LogP contribution in [0.15, 0.2) is 95.3 Å². The van der Waals surface area contributed by atoms with Crippen LogP contribution < -0.4 is 0 Å². The number of carbonyl (C=O) groups is 1. The van der Waals surface area contributed by atoms with Crippen molar-refractivity contribution in [2.24, 2.45) is 16.3 Å². The van der Waals surface area contributed by atoms with Gasteiger partial charge in [0, 0.05) is 38.1 Å². The van der Waals surface area contributed by atoms with Crippen molar-refractivity contribution in [3.05, 3.63) is 118 Å². The maximum absolute atomic E-state index is 13.6. The number of allylic oxidation sites excluding steroid dienone is 2. The lowest BCUT2D eigenvalue weighted by Gasteiger charge is -2.42. The minimum atomic E-state index is -1.36. The molecule has 2 fully saturated rings. The van der Waals surface area contributed by atoms with Crippen molar-refractivity contribution < 1.29 is 18.7 Å². The van der Waals surface area contributed by atoms with Crippen LogP contribution in [-0.2, 0) is 10.3 Å². The molecule has 2 saturated heterocycles. The fourth-order valence-corrected chi connectivity index (χ4v) is 8.70. The largest absolute Gasteiger partial charge is 0.381 e. The average Bonchev–Trinajstić information content (AvgIpc) is 3.79. The van der Waals surface area contributed by atoms with Crippen molar-refractivity contribution in [3.8, 4) is 0 Å². The third-order valence-corrected chi connectivity index (χ3v) is 11.3. The zero-order valence-corrected chi connectivity index (χ0v) is 27.1. The van der Waals surface area contributed by atoms with E-state index in [1.54, 1.807) is 29.2 Å². The highest BCUT2D eigenvalue weighted by molar-refractivity contribution is 7.96. The molecule has 4 heterocycles. The van der Waals surface area contributed by atoms with Crippen molar-refractivity contribution in [1.29, 1.82) is 0 Å². The maximum Gasteiger partial charge on any atom is 0.265 e. The van der Waals surface area contributed by atoms with Gasteiger partial charge in [-0.15, -0.1) is 11.3 Å². The van der Waals surface area contributed by atoms with E-state index in [4.69, 9.17) is 4.99 Å². The van der Waals surface area contributed by atoms with E-state index in [0.717, 1.165) is 18.0 Å². The van der Waals surface area contributed by atoms with E-state index in [1.165, 1.54) is 55.0 Å². The van der Waals surface area contributed by atoms with E-state index in [1.807, 2.05) is 36.4 Å². The van der Waals surface area contributed by atoms with Gasteiger partial charge >= 0.3 is 0 Å². The first-order valence-corrected chi connectivity index (χ1v) is 17.4. The number of likely N-dealkylation sites (N-methyl/N-ethyl adjacent to an activating group) is 1. The molecule has 2 unspecified atom stereocenters. The van der Waals surface area contributed by atoms with Crippen LogP contribution in [0.4, 0.5) is 8.78 Å². The predicted molar refractivity (Wildman–Crippen MR) is 178 cm³/mol. The summed E-state index contributed by atoms with van der Waals surface area (Å²) in [5.41, 5.74) is 0.160. The van der Waals surface area contributed by atoms with Gasteiger partial charge in [-0.05, 0) is 78.3 Å². The Kier molecular flexibility index (Phi) is 9.40. The number of thiophene rings is 1. The highest BCUT2D eigenvalue weighted by atomic mass is 32.2. The molecule has 45 heavy (non-hydrogen) atoms. The molecule has 1 aliphatic carbocycles. The number of amidine groups is 1. The van der Waals surface area contributed by atoms with Crippen molar-refractivity contribution in [2.75, 3.05) is 39.2 Å². The highest BCUT2D eigenvalue weighted by Gasteiger charge is 2.52. The summed E-state index contributed by atoms with van der Waals surface area (Å²) in [5.74, 6) is 0.218. The summed E-state index contributed by atoms with van der Waals surface area (Å²) < 4.78 is 29.6. The van der Waals surface area contributed by atoms with Crippen LogP contribution in [0.1, 0.15) is 35.8 Å². The number of amides is 1. The summed E-state index contributed by atoms with van der Waals surface area (Å²) in [4.78, 5) is 23.1. The molecule has 2 atom stereocenters. The van der Waals surface area contributed by atoms with Gasteiger partial charge in [-0.2, -0.15) is 0 Å². The van der Waals surface area contributed by atoms with Gasteiger partial charge in [0.2, 0.25) is 0 Å². The maximum atomic E-state index is 13.6. The second kappa shape index (κ2) is 13.3. The van der Waals surface area contributed by atoms with E-state index in [9.17, 15) is 18.7 Å². The molecule has 0 saturated carbocycles. The van der Waals surface area contributed by atoms with Crippen LogP contribution in [-0.4, -0.2) is 76.2 Å². The average molecular weight is 649 g/mol. The Morgan fingerprint density at radius 1 is 0.978 bits per heavy atom. The van der Waals surface area contributed by atoms with Crippen molar-refractivity contribution in [1.82, 2.24) is 14.1 Å². The second-order valence-corrected chi connectivity index (χ2v) is 13.6. The van der Waals surface area contributed by atoms with Gasteiger partial charge in [-0.1, -0.05) is 66.6 Å². The van der Waals surface area contributed by atoms with Crippen LogP contribution in [0.5, 0.6) is 0 Å². The Balaban J connectivity index is 0.000000172. The molecule has 6 nitrogen and oxygen atoms in total. The van der Waals surface area contributed by atoms with Crippen LogP contribution >= 0.6 is 23.3 Å². The molecule has 4 aliphatic rings. The molecule has 1 amide bonds. The normalized spacial score (nSPS) is 23.6. The number of nitrogens with zero attached hydrogens (tertiary/aromatic N) is 4. The number of halogens is 2. The number of aliphatic hydroxyl groups is 1. The zero-order valence-electron chi connectivity index (χ0n) is 25.5. The standard InChI is InChI=1S/C21H16F2N2OS.C14H22N2OS/c1-2-25-19(18-4-3-13-27-18)24-21(20(25)26,14-5-9-16(22)10-6-14)15-7-11-17(23)12-8-15;1-18-16-10-14(6-8-15(11-17)9-7-14)12-4-2-3-5-13(12)16/h3-13H,2H2,1H3;2-5,12-13,17H,6-11H2,1H3. The second-order valence-electron chi connectivity index (χ2n) is 11.9. The Hall–Kier alpha value is -3.15. The van der Waals surface area contributed by atoms with E-state index in [-0.39, 0.29) is 12.6 Å². The molecule has 0 bridgehead atoms. The smallest absolute Gasteiger partial charge is 0.265 e. The summed E-state index contributed by atoms with van der Waals surface area (Å²) in [6, 6.07) is 15.9. The Labute approximate surface area is 271 Å². The molecular weight excluding hydrogens is 611 g/mol. The first kappa shape index (κ1) is 31.8. The summed E-state index contributed by atoms with van der Waals surface area (Å²) >= 11 is 3.37. The SMILES string of the molecule is CCN1C(=O)C(c2ccc(F)cc2)(c2ccc(F)cc2)N=C1c1cccs1.CSN1CC2(CCN(CO)CC2)C2C=CC=CC21. The number of hydrogen-bond donors (Lipinski definition) is 1. The predicted octanol–water partition coefficient (Wildman–Crippen LogP) is 6.30. The number of fused-ring (bicyclic) bond motifs is 2. The zero-order chi connectivity index (χ0) is 31.6. The fraction of sp³-hybridized carbons (Fsp3) is 0.371. The summed E-state index contributed by atoms with van der Waals surface area (Å²) in [6.07, 6.45) is 13.8. The molecule has 0 radical (unpaired) electrons. The molecule has 10 heteroatoms. The molecule has 7 rings (SSSR count). The number of aliphatic hydroxyl groups excluding tert-OH is 1. The lowest BCUT2D eigenvalue weighted by atomic mass is 9.68. The first-order chi connectivity index (χ1) is 21.8. The summed E-state index contributed by atoms with van der Waals surface area (Å²) in [5, 5.41) is 11.2. The van der Waals surface area contributed by atoms with Crippen LogP contribution in [0.25, 0.3) is 0 Å². The minimum absolute atomic E-state index is 0.214. The molecule has 3 aliphatic heterocycles. The number of carbonyl (C=O) groups excluding carboxylic acids is 1. The monoisotopic (exact) mass is 648 g/mol. The highest BCUT2D eigenvalue weighted by Crippen LogP contribution is 2.51. The number of piperidine rings is 1. The third kappa shape index (κ3) is 5.83. The van der Waals surface area contributed by atoms with Crippen LogP contribution in [0, 0.1) is 23.0 Å². The van der Waals surface area contributed by atoms with Gasteiger partial charge in [0.25, 0.3) is 5.91 Å². The molecule has 1 aromatic heterocycles. The van der Waals surface area contributed by atoms with Crippen molar-refractivity contribution in [2.45, 2.75) is 31.3 Å². The van der Waals surface area contributed by atoms with Crippen LogP contribution in [0.2, 0.25) is 0 Å². The van der Waals surface area contributed by atoms with Gasteiger partial charge in [0.05, 0.1) is 11.6 Å². The number of aliphatic imine (C=N–C) groups is 1. The van der Waals surface area contributed by atoms with E-state index >= 15 is 0 Å². The van der Waals surface area contributed by atoms with Crippen molar-refractivity contribution >= 4 is 35.0 Å². The number of likely N-dealkylation sites (tertiary alicyclic amines) is 1. The molecular formula is C35H38F2N4O2S2. The van der Waals surface area contributed by atoms with Crippen LogP contribution in [0.3, 0.4) is 0 Å². The van der Waals surface area contributed by atoms with Gasteiger partial charge in [-0.3, -0.25) is 14.6 Å². The van der Waals surface area contributed by atoms with E-state index in [0.29, 0.717) is 40.9 Å². The lowest BCUT2D eigenvalue weighted by molar-refractivity contribution is -0.130. The topological polar surface area (TPSA) is 59.4 Å². The third-order valence-electron chi connectivity index (χ3n) is 9.57. The number of benzene rings is 2. The molecule has 1 N–H and O–H groups in total. The fourth-order valence-electron chi connectivity index (χ4n) is 7.15. The molecule has 1 spiro atoms. The molecule has 3 aromatic rings. The number of rotatable bonds is 6. The van der Waals surface area contributed by atoms with Crippen molar-refractivity contribution in [3.63, 3.8) is 0 Å². The lowest BCUT2D eigenvalue weighted by Crippen LogP contribution is -2.44. The quantitative estimate of drug-likeness (QED) is 0.318.